The van der Waals surface area contributed by atoms with Crippen LogP contribution in [0.3, 0.4) is 0 Å². The summed E-state index contributed by atoms with van der Waals surface area (Å²) in [5, 5.41) is 20.4. The monoisotopic (exact) mass is 211 g/mol. The molecule has 1 aromatic rings. The van der Waals surface area contributed by atoms with Gasteiger partial charge in [-0.1, -0.05) is 6.92 Å². The van der Waals surface area contributed by atoms with Crippen molar-refractivity contribution in [2.75, 3.05) is 11.9 Å². The number of carboxylic acid groups (broad SMARTS) is 1. The molecule has 1 atom stereocenters. The Hall–Kier alpha value is -1.69. The van der Waals surface area contributed by atoms with Crippen LogP contribution in [0, 0.1) is 0 Å². The van der Waals surface area contributed by atoms with Crippen LogP contribution in [0.1, 0.15) is 23.7 Å². The molecule has 0 aromatic carbocycles. The molecule has 1 rings (SSSR count). The smallest absolute Gasteiger partial charge is 0.338 e. The number of nitrogens with one attached hydrogen (secondary N) is 1. The van der Waals surface area contributed by atoms with Gasteiger partial charge in [0.2, 0.25) is 5.95 Å². The lowest BCUT2D eigenvalue weighted by Gasteiger charge is -2.13. The quantitative estimate of drug-likeness (QED) is 0.650. The Morgan fingerprint density at radius 2 is 2.13 bits per heavy atom. The first-order valence-electron chi connectivity index (χ1n) is 4.60. The van der Waals surface area contributed by atoms with E-state index in [1.807, 2.05) is 6.92 Å². The molecule has 0 bridgehead atoms. The normalized spacial score (nSPS) is 12.1. The number of hydrogen-bond acceptors (Lipinski definition) is 5. The standard InChI is InChI=1S/C9H13N3O3/c1-2-7(5-13)12-9-10-3-6(4-11-9)8(14)15/h3-4,7,13H,2,5H2,1H3,(H,14,15)(H,10,11,12)/t7-/m0/s1. The number of hydrogen-bond donors (Lipinski definition) is 3. The maximum Gasteiger partial charge on any atom is 0.338 e. The summed E-state index contributed by atoms with van der Waals surface area (Å²) < 4.78 is 0. The molecule has 0 radical (unpaired) electrons. The van der Waals surface area contributed by atoms with Gasteiger partial charge in [-0.3, -0.25) is 0 Å². The molecule has 0 unspecified atom stereocenters. The van der Waals surface area contributed by atoms with Crippen molar-refractivity contribution in [3.8, 4) is 0 Å². The second kappa shape index (κ2) is 5.26. The third-order valence-corrected chi connectivity index (χ3v) is 1.95. The van der Waals surface area contributed by atoms with Gasteiger partial charge in [-0.25, -0.2) is 14.8 Å². The average Bonchev–Trinajstić information content (AvgIpc) is 2.26. The van der Waals surface area contributed by atoms with Crippen LogP contribution in [0.4, 0.5) is 5.95 Å². The molecule has 0 aliphatic heterocycles. The number of carboxylic acids is 1. The molecule has 0 saturated carbocycles. The van der Waals surface area contributed by atoms with Gasteiger partial charge in [-0.05, 0) is 6.42 Å². The van der Waals surface area contributed by atoms with E-state index >= 15 is 0 Å². The van der Waals surface area contributed by atoms with Gasteiger partial charge in [-0.2, -0.15) is 0 Å². The minimum atomic E-state index is -1.06. The highest BCUT2D eigenvalue weighted by molar-refractivity contribution is 5.86. The number of nitrogens with zero attached hydrogens (tertiary/aromatic N) is 2. The lowest BCUT2D eigenvalue weighted by molar-refractivity contribution is 0.0696. The molecular weight excluding hydrogens is 198 g/mol. The zero-order valence-electron chi connectivity index (χ0n) is 8.34. The van der Waals surface area contributed by atoms with Gasteiger partial charge >= 0.3 is 5.97 Å². The van der Waals surface area contributed by atoms with Crippen molar-refractivity contribution in [1.29, 1.82) is 0 Å². The molecule has 3 N–H and O–H groups in total. The topological polar surface area (TPSA) is 95.3 Å². The van der Waals surface area contributed by atoms with Gasteiger partial charge in [-0.15, -0.1) is 0 Å². The van der Waals surface area contributed by atoms with E-state index in [1.165, 1.54) is 12.4 Å². The second-order valence-corrected chi connectivity index (χ2v) is 3.03. The van der Waals surface area contributed by atoms with Gasteiger partial charge in [0.05, 0.1) is 18.2 Å². The molecule has 0 spiro atoms. The van der Waals surface area contributed by atoms with Gasteiger partial charge in [0.25, 0.3) is 0 Å². The Morgan fingerprint density at radius 1 is 1.53 bits per heavy atom. The summed E-state index contributed by atoms with van der Waals surface area (Å²) in [5.74, 6) is -0.739. The summed E-state index contributed by atoms with van der Waals surface area (Å²) in [4.78, 5) is 18.1. The summed E-state index contributed by atoms with van der Waals surface area (Å²) in [5.41, 5.74) is 0.0394. The van der Waals surface area contributed by atoms with Crippen LogP contribution < -0.4 is 5.32 Å². The van der Waals surface area contributed by atoms with Crippen molar-refractivity contribution in [3.63, 3.8) is 0 Å². The summed E-state index contributed by atoms with van der Waals surface area (Å²) in [6.07, 6.45) is 3.18. The molecule has 0 fully saturated rings. The Morgan fingerprint density at radius 3 is 2.53 bits per heavy atom. The Kier molecular flexibility index (Phi) is 3.99. The van der Waals surface area contributed by atoms with E-state index in [0.717, 1.165) is 6.42 Å². The molecule has 82 valence electrons. The predicted octanol–water partition coefficient (Wildman–Crippen LogP) is 0.358. The number of aliphatic hydroxyl groups is 1. The Labute approximate surface area is 87.0 Å². The van der Waals surface area contributed by atoms with Gasteiger partial charge in [0.1, 0.15) is 0 Å². The molecule has 6 nitrogen and oxygen atoms in total. The number of rotatable bonds is 5. The molecule has 0 aliphatic carbocycles. The van der Waals surface area contributed by atoms with E-state index in [4.69, 9.17) is 10.2 Å². The first-order valence-corrected chi connectivity index (χ1v) is 4.60. The van der Waals surface area contributed by atoms with Gasteiger partial charge in [0, 0.05) is 12.4 Å². The molecule has 0 saturated heterocycles. The molecule has 1 heterocycles. The number of carbonyl (C=O) groups is 1. The Bertz CT molecular complexity index is 322. The van der Waals surface area contributed by atoms with Crippen molar-refractivity contribution in [2.24, 2.45) is 0 Å². The van der Waals surface area contributed by atoms with Crippen molar-refractivity contribution in [3.05, 3.63) is 18.0 Å². The summed E-state index contributed by atoms with van der Waals surface area (Å²) in [7, 11) is 0. The van der Waals surface area contributed by atoms with E-state index < -0.39 is 5.97 Å². The fraction of sp³-hybridized carbons (Fsp3) is 0.444. The molecule has 1 aromatic heterocycles. The number of aliphatic hydroxyl groups excluding tert-OH is 1. The first kappa shape index (κ1) is 11.4. The highest BCUT2D eigenvalue weighted by atomic mass is 16.4. The maximum atomic E-state index is 10.5. The largest absolute Gasteiger partial charge is 0.478 e. The maximum absolute atomic E-state index is 10.5. The van der Waals surface area contributed by atoms with Crippen LogP contribution in [0.15, 0.2) is 12.4 Å². The van der Waals surface area contributed by atoms with Crippen molar-refractivity contribution in [2.45, 2.75) is 19.4 Å². The average molecular weight is 211 g/mol. The highest BCUT2D eigenvalue weighted by Crippen LogP contribution is 2.03. The summed E-state index contributed by atoms with van der Waals surface area (Å²) in [6.45, 7) is 1.90. The first-order chi connectivity index (χ1) is 7.17. The molecule has 0 amide bonds. The highest BCUT2D eigenvalue weighted by Gasteiger charge is 2.07. The van der Waals surface area contributed by atoms with E-state index in [2.05, 4.69) is 15.3 Å². The molecule has 6 heteroatoms. The van der Waals surface area contributed by atoms with Crippen molar-refractivity contribution in [1.82, 2.24) is 9.97 Å². The fourth-order valence-electron chi connectivity index (χ4n) is 0.972. The lowest BCUT2D eigenvalue weighted by atomic mass is 10.2. The minimum absolute atomic E-state index is 0.0134. The third-order valence-electron chi connectivity index (χ3n) is 1.95. The van der Waals surface area contributed by atoms with Crippen LogP contribution in [0.25, 0.3) is 0 Å². The minimum Gasteiger partial charge on any atom is -0.478 e. The zero-order chi connectivity index (χ0) is 11.3. The Balaban J connectivity index is 2.67. The van der Waals surface area contributed by atoms with Gasteiger partial charge in [0.15, 0.2) is 0 Å². The predicted molar refractivity (Wildman–Crippen MR) is 53.8 cm³/mol. The van der Waals surface area contributed by atoms with Crippen LogP contribution in [-0.4, -0.2) is 38.8 Å². The van der Waals surface area contributed by atoms with Crippen LogP contribution in [-0.2, 0) is 0 Å². The molecule has 0 aliphatic rings. The van der Waals surface area contributed by atoms with Gasteiger partial charge < -0.3 is 15.5 Å². The van der Waals surface area contributed by atoms with Crippen LogP contribution >= 0.6 is 0 Å². The van der Waals surface area contributed by atoms with Crippen molar-refractivity contribution < 1.29 is 15.0 Å². The lowest BCUT2D eigenvalue weighted by Crippen LogP contribution is -2.23. The fourth-order valence-corrected chi connectivity index (χ4v) is 0.972. The van der Waals surface area contributed by atoms with Crippen molar-refractivity contribution >= 4 is 11.9 Å². The number of aromatic carboxylic acids is 1. The van der Waals surface area contributed by atoms with Crippen LogP contribution in [0.2, 0.25) is 0 Å². The summed E-state index contributed by atoms with van der Waals surface area (Å²) >= 11 is 0. The molecular formula is C9H13N3O3. The second-order valence-electron chi connectivity index (χ2n) is 3.03. The SMILES string of the molecule is CC[C@@H](CO)Nc1ncc(C(=O)O)cn1. The molecule has 15 heavy (non-hydrogen) atoms. The zero-order valence-corrected chi connectivity index (χ0v) is 8.34. The van der Waals surface area contributed by atoms with E-state index in [1.54, 1.807) is 0 Å². The number of anilines is 1. The van der Waals surface area contributed by atoms with E-state index in [-0.39, 0.29) is 18.2 Å². The van der Waals surface area contributed by atoms with E-state index in [0.29, 0.717) is 5.95 Å². The van der Waals surface area contributed by atoms with E-state index in [9.17, 15) is 4.79 Å². The van der Waals surface area contributed by atoms with Crippen LogP contribution in [0.5, 0.6) is 0 Å². The summed E-state index contributed by atoms with van der Waals surface area (Å²) in [6, 6.07) is -0.110. The number of aromatic nitrogens is 2. The third kappa shape index (κ3) is 3.17.